The molecule has 2 heterocycles. The highest BCUT2D eigenvalue weighted by Gasteiger charge is 2.35. The largest absolute Gasteiger partial charge is 0.481 e. The van der Waals surface area contributed by atoms with Gasteiger partial charge in [0.25, 0.3) is 0 Å². The van der Waals surface area contributed by atoms with E-state index in [0.29, 0.717) is 6.54 Å². The second-order valence-electron chi connectivity index (χ2n) is 6.07. The molecule has 1 saturated heterocycles. The van der Waals surface area contributed by atoms with Crippen molar-refractivity contribution in [2.24, 2.45) is 5.41 Å². The number of hydrogen-bond acceptors (Lipinski definition) is 4. The van der Waals surface area contributed by atoms with Crippen LogP contribution >= 0.6 is 0 Å². The lowest BCUT2D eigenvalue weighted by Crippen LogP contribution is -2.51. The Balaban J connectivity index is 1.90. The van der Waals surface area contributed by atoms with Crippen molar-refractivity contribution in [2.45, 2.75) is 26.7 Å². The Kier molecular flexibility index (Phi) is 5.17. The molecule has 0 saturated carbocycles. The third-order valence-electron chi connectivity index (χ3n) is 4.24. The molecule has 116 valence electrons. The summed E-state index contributed by atoms with van der Waals surface area (Å²) in [5, 5.41) is 9.48. The van der Waals surface area contributed by atoms with Crippen LogP contribution in [-0.4, -0.2) is 53.7 Å². The molecule has 1 atom stereocenters. The smallest absolute Gasteiger partial charge is 0.310 e. The van der Waals surface area contributed by atoms with Gasteiger partial charge in [0.1, 0.15) is 5.82 Å². The van der Waals surface area contributed by atoms with E-state index in [4.69, 9.17) is 0 Å². The van der Waals surface area contributed by atoms with Gasteiger partial charge in [-0.3, -0.25) is 9.69 Å². The molecule has 21 heavy (non-hydrogen) atoms. The van der Waals surface area contributed by atoms with Gasteiger partial charge in [-0.25, -0.2) is 4.98 Å². The number of aromatic nitrogens is 1. The predicted molar refractivity (Wildman–Crippen MR) is 83.5 cm³/mol. The first-order chi connectivity index (χ1) is 10.0. The number of nitrogens with zero attached hydrogens (tertiary/aromatic N) is 3. The van der Waals surface area contributed by atoms with Gasteiger partial charge in [0.2, 0.25) is 0 Å². The molecule has 1 aliphatic rings. The molecule has 1 N–H and O–H groups in total. The Hall–Kier alpha value is -1.62. The van der Waals surface area contributed by atoms with Crippen LogP contribution in [0.2, 0.25) is 0 Å². The van der Waals surface area contributed by atoms with Gasteiger partial charge in [-0.05, 0) is 25.5 Å². The molecule has 1 fully saturated rings. The highest BCUT2D eigenvalue weighted by atomic mass is 16.4. The molecule has 0 spiro atoms. The Morgan fingerprint density at radius 1 is 1.33 bits per heavy atom. The van der Waals surface area contributed by atoms with E-state index in [9.17, 15) is 9.90 Å². The van der Waals surface area contributed by atoms with Crippen LogP contribution in [-0.2, 0) is 4.79 Å². The van der Waals surface area contributed by atoms with Crippen molar-refractivity contribution in [3.63, 3.8) is 0 Å². The molecule has 0 bridgehead atoms. The molecule has 5 nitrogen and oxygen atoms in total. The highest BCUT2D eigenvalue weighted by Crippen LogP contribution is 2.26. The van der Waals surface area contributed by atoms with Crippen molar-refractivity contribution in [1.29, 1.82) is 0 Å². The highest BCUT2D eigenvalue weighted by molar-refractivity contribution is 5.74. The molecule has 1 aromatic heterocycles. The standard InChI is InChI=1S/C16H25N3O2/c1-3-7-16(2,15(20)21)13-18-9-11-19(12-10-18)14-6-4-5-8-17-14/h4-6,8H,3,7,9-13H2,1-2H3,(H,20,21). The summed E-state index contributed by atoms with van der Waals surface area (Å²) in [5.41, 5.74) is -0.637. The lowest BCUT2D eigenvalue weighted by Gasteiger charge is -2.39. The zero-order chi connectivity index (χ0) is 15.3. The Morgan fingerprint density at radius 3 is 2.57 bits per heavy atom. The average molecular weight is 291 g/mol. The van der Waals surface area contributed by atoms with Crippen molar-refractivity contribution in [1.82, 2.24) is 9.88 Å². The molecule has 1 unspecified atom stereocenters. The van der Waals surface area contributed by atoms with E-state index in [1.54, 1.807) is 0 Å². The van der Waals surface area contributed by atoms with Gasteiger partial charge < -0.3 is 10.0 Å². The number of rotatable bonds is 6. The van der Waals surface area contributed by atoms with Crippen LogP contribution < -0.4 is 4.90 Å². The van der Waals surface area contributed by atoms with E-state index in [1.807, 2.05) is 38.2 Å². The number of carboxylic acid groups (broad SMARTS) is 1. The summed E-state index contributed by atoms with van der Waals surface area (Å²) < 4.78 is 0. The SMILES string of the molecule is CCCC(C)(CN1CCN(c2ccccn2)CC1)C(=O)O. The van der Waals surface area contributed by atoms with Gasteiger partial charge in [-0.2, -0.15) is 0 Å². The quantitative estimate of drug-likeness (QED) is 0.870. The molecule has 0 aromatic carbocycles. The number of anilines is 1. The summed E-state index contributed by atoms with van der Waals surface area (Å²) in [6.45, 7) is 8.13. The topological polar surface area (TPSA) is 56.7 Å². The van der Waals surface area contributed by atoms with Crippen LogP contribution in [0.4, 0.5) is 5.82 Å². The summed E-state index contributed by atoms with van der Waals surface area (Å²) in [7, 11) is 0. The van der Waals surface area contributed by atoms with Gasteiger partial charge in [0.05, 0.1) is 5.41 Å². The molecular weight excluding hydrogens is 266 g/mol. The normalized spacial score (nSPS) is 19.2. The van der Waals surface area contributed by atoms with Gasteiger partial charge in [-0.1, -0.05) is 19.4 Å². The second-order valence-corrected chi connectivity index (χ2v) is 6.07. The Labute approximate surface area is 126 Å². The molecule has 0 aliphatic carbocycles. The van der Waals surface area contributed by atoms with Crippen LogP contribution in [0.25, 0.3) is 0 Å². The molecular formula is C16H25N3O2. The van der Waals surface area contributed by atoms with Crippen molar-refractivity contribution < 1.29 is 9.90 Å². The van der Waals surface area contributed by atoms with Crippen LogP contribution in [0.1, 0.15) is 26.7 Å². The predicted octanol–water partition coefficient (Wildman–Crippen LogP) is 2.09. The minimum Gasteiger partial charge on any atom is -0.481 e. The maximum Gasteiger partial charge on any atom is 0.310 e. The van der Waals surface area contributed by atoms with E-state index in [-0.39, 0.29) is 0 Å². The van der Waals surface area contributed by atoms with E-state index < -0.39 is 11.4 Å². The fourth-order valence-corrected chi connectivity index (χ4v) is 2.97. The van der Waals surface area contributed by atoms with E-state index in [2.05, 4.69) is 14.8 Å². The number of aliphatic carboxylic acids is 1. The molecule has 5 heteroatoms. The zero-order valence-electron chi connectivity index (χ0n) is 13.0. The number of piperazine rings is 1. The fraction of sp³-hybridized carbons (Fsp3) is 0.625. The third kappa shape index (κ3) is 3.94. The molecule has 1 aromatic rings. The van der Waals surface area contributed by atoms with E-state index in [0.717, 1.165) is 44.8 Å². The van der Waals surface area contributed by atoms with Gasteiger partial charge in [-0.15, -0.1) is 0 Å². The molecule has 0 radical (unpaired) electrons. The van der Waals surface area contributed by atoms with Gasteiger partial charge in [0, 0.05) is 38.9 Å². The second kappa shape index (κ2) is 6.89. The summed E-state index contributed by atoms with van der Waals surface area (Å²) in [6, 6.07) is 5.94. The van der Waals surface area contributed by atoms with Crippen molar-refractivity contribution in [3.8, 4) is 0 Å². The molecule has 2 rings (SSSR count). The Bertz CT molecular complexity index is 458. The van der Waals surface area contributed by atoms with Crippen molar-refractivity contribution in [3.05, 3.63) is 24.4 Å². The maximum absolute atomic E-state index is 11.5. The number of carbonyl (C=O) groups is 1. The van der Waals surface area contributed by atoms with Crippen molar-refractivity contribution in [2.75, 3.05) is 37.6 Å². The van der Waals surface area contributed by atoms with Crippen LogP contribution in [0, 0.1) is 5.41 Å². The van der Waals surface area contributed by atoms with Crippen LogP contribution in [0.5, 0.6) is 0 Å². The summed E-state index contributed by atoms with van der Waals surface area (Å²) in [5.74, 6) is 0.322. The van der Waals surface area contributed by atoms with E-state index in [1.165, 1.54) is 0 Å². The van der Waals surface area contributed by atoms with Crippen LogP contribution in [0.15, 0.2) is 24.4 Å². The number of hydrogen-bond donors (Lipinski definition) is 1. The first-order valence-electron chi connectivity index (χ1n) is 7.67. The lowest BCUT2D eigenvalue weighted by molar-refractivity contribution is -0.149. The molecule has 1 aliphatic heterocycles. The minimum atomic E-state index is -0.684. The average Bonchev–Trinajstić information content (AvgIpc) is 2.49. The monoisotopic (exact) mass is 291 g/mol. The van der Waals surface area contributed by atoms with Crippen LogP contribution in [0.3, 0.4) is 0 Å². The van der Waals surface area contributed by atoms with E-state index >= 15 is 0 Å². The Morgan fingerprint density at radius 2 is 2.05 bits per heavy atom. The first-order valence-corrected chi connectivity index (χ1v) is 7.67. The summed E-state index contributed by atoms with van der Waals surface area (Å²) >= 11 is 0. The van der Waals surface area contributed by atoms with Gasteiger partial charge in [0.15, 0.2) is 0 Å². The minimum absolute atomic E-state index is 0.631. The third-order valence-corrected chi connectivity index (χ3v) is 4.24. The first kappa shape index (κ1) is 15.8. The lowest BCUT2D eigenvalue weighted by atomic mass is 9.85. The maximum atomic E-state index is 11.5. The molecule has 0 amide bonds. The number of carboxylic acids is 1. The van der Waals surface area contributed by atoms with Gasteiger partial charge >= 0.3 is 5.97 Å². The van der Waals surface area contributed by atoms with Crippen molar-refractivity contribution >= 4 is 11.8 Å². The number of pyridine rings is 1. The summed E-state index contributed by atoms with van der Waals surface area (Å²) in [6.07, 6.45) is 3.43. The zero-order valence-corrected chi connectivity index (χ0v) is 13.0. The summed E-state index contributed by atoms with van der Waals surface area (Å²) in [4.78, 5) is 20.4. The fourth-order valence-electron chi connectivity index (χ4n) is 2.97.